The lowest BCUT2D eigenvalue weighted by atomic mass is 9.72. The second-order valence-corrected chi connectivity index (χ2v) is 23.9. The first-order chi connectivity index (χ1) is 42.3. The van der Waals surface area contributed by atoms with Gasteiger partial charge in [-0.05, 0) is 86.1 Å². The number of carbonyl (C=O) groups excluding carboxylic acids is 10. The van der Waals surface area contributed by atoms with Crippen molar-refractivity contribution in [1.82, 2.24) is 67.7 Å². The fourth-order valence-corrected chi connectivity index (χ4v) is 10.8. The maximum absolute atomic E-state index is 15.1. The summed E-state index contributed by atoms with van der Waals surface area (Å²) in [5, 5.41) is 57.1. The zero-order valence-electron chi connectivity index (χ0n) is 51.1. The van der Waals surface area contributed by atoms with Crippen LogP contribution < -0.4 is 59.3 Å². The number of nitrogens with one attached hydrogen (secondary N) is 11. The number of guanidine groups is 1. The highest BCUT2D eigenvalue weighted by molar-refractivity contribution is 6.01. The highest BCUT2D eigenvalue weighted by atomic mass is 16.3. The number of H-pyrrole nitrogens is 2. The first-order valence-electron chi connectivity index (χ1n) is 29.9. The summed E-state index contributed by atoms with van der Waals surface area (Å²) in [5.74, 6) is -8.22. The Morgan fingerprint density at radius 2 is 1.40 bits per heavy atom. The number of aliphatic hydroxyl groups is 2. The summed E-state index contributed by atoms with van der Waals surface area (Å²) in [6.45, 7) is 8.55. The molecule has 29 heteroatoms. The number of para-hydroxylation sites is 1. The highest BCUT2D eigenvalue weighted by Crippen LogP contribution is 2.32. The van der Waals surface area contributed by atoms with E-state index in [0.29, 0.717) is 47.1 Å². The summed E-state index contributed by atoms with van der Waals surface area (Å²) in [5.41, 5.74) is 9.53. The van der Waals surface area contributed by atoms with Gasteiger partial charge in [-0.1, -0.05) is 65.0 Å². The summed E-state index contributed by atoms with van der Waals surface area (Å²) in [7, 11) is 0. The number of aromatic hydroxyl groups is 1. The van der Waals surface area contributed by atoms with Gasteiger partial charge in [-0.15, -0.1) is 0 Å². The van der Waals surface area contributed by atoms with E-state index in [2.05, 4.69) is 67.8 Å². The van der Waals surface area contributed by atoms with Gasteiger partial charge in [0.2, 0.25) is 59.1 Å². The van der Waals surface area contributed by atoms with Crippen LogP contribution in [0, 0.1) is 11.3 Å². The largest absolute Gasteiger partial charge is 0.508 e. The molecule has 89 heavy (non-hydrogen) atoms. The number of imidazole rings is 1. The number of nitrogens with two attached hydrogens (primary N) is 2. The fraction of sp³-hybridized carbons (Fsp3) is 0.533. The summed E-state index contributed by atoms with van der Waals surface area (Å²) in [4.78, 5) is 156. The molecule has 0 radical (unpaired) electrons. The quantitative estimate of drug-likeness (QED) is 0.0146. The number of aliphatic hydroxyl groups excluding tert-OH is 2. The van der Waals surface area contributed by atoms with Gasteiger partial charge < -0.3 is 89.5 Å². The minimum atomic E-state index is -2.28. The number of fused-ring (bicyclic) bond motifs is 1. The summed E-state index contributed by atoms with van der Waals surface area (Å²) in [6, 6.07) is 2.14. The van der Waals surface area contributed by atoms with Gasteiger partial charge in [0.1, 0.15) is 59.6 Å². The van der Waals surface area contributed by atoms with E-state index in [4.69, 9.17) is 11.5 Å². The Balaban J connectivity index is 1.26. The van der Waals surface area contributed by atoms with E-state index >= 15 is 9.59 Å². The van der Waals surface area contributed by atoms with Crippen molar-refractivity contribution in [3.8, 4) is 5.75 Å². The Labute approximate surface area is 515 Å². The molecule has 9 atom stereocenters. The zero-order chi connectivity index (χ0) is 65.2. The van der Waals surface area contributed by atoms with Crippen molar-refractivity contribution < 1.29 is 63.3 Å². The average molecular weight is 1240 g/mol. The Kier molecular flexibility index (Phi) is 24.6. The van der Waals surface area contributed by atoms with Crippen molar-refractivity contribution in [3.63, 3.8) is 0 Å². The van der Waals surface area contributed by atoms with Crippen LogP contribution >= 0.6 is 0 Å². The standard InChI is InChI=1S/C60H86N16O13/c1-7-64-55(87)47-15-11-23-76(47)56(88)41(14-10-22-65-58(61)62)69-50(82)42(24-33(2)3)74-57(89)60(31-78,59(4,5)6)75-54(86)43(25-34-16-18-37(79)19-17-34)70-53(85)46(30-77)73-51(83)44(26-35-28-66-39-13-9-8-12-38(35)39)71-52(84)45(27-36-29-63-32-67-36)72-49(81)40-20-21-48(80)68-40/h8-9,12-13,16-19,28-29,32-33,40-47,66,77-79H,7,10-11,14-15,20-27,30-31H2,1-6H3,(H,63,67)(H,64,87)(H,68,80)(H,69,82)(H,70,85)(H,71,84)(H,72,81)(H,73,83)(H,74,89)(H,75,86)(H4,61,62,65). The molecular weight excluding hydrogens is 1150 g/mol. The zero-order valence-corrected chi connectivity index (χ0v) is 51.1. The Morgan fingerprint density at radius 1 is 0.764 bits per heavy atom. The van der Waals surface area contributed by atoms with E-state index in [-0.39, 0.29) is 93.9 Å². The lowest BCUT2D eigenvalue weighted by molar-refractivity contribution is -0.145. The molecule has 0 bridgehead atoms. The van der Waals surface area contributed by atoms with E-state index in [9.17, 15) is 53.7 Å². The topological polar surface area (TPSA) is 452 Å². The second-order valence-electron chi connectivity index (χ2n) is 23.9. The molecule has 2 aliphatic rings. The number of phenols is 1. The molecule has 6 rings (SSSR count). The van der Waals surface area contributed by atoms with Crippen molar-refractivity contribution >= 4 is 75.9 Å². The third kappa shape index (κ3) is 18.7. The van der Waals surface area contributed by atoms with Gasteiger partial charge in [-0.25, -0.2) is 4.98 Å². The number of rotatable bonds is 31. The number of hydrogen-bond acceptors (Lipinski definition) is 15. The molecule has 10 amide bonds. The molecule has 2 aliphatic heterocycles. The number of likely N-dealkylation sites (tertiary alicyclic amines) is 1. The molecule has 2 aromatic heterocycles. The number of hydrogen-bond donors (Lipinski definition) is 16. The second kappa shape index (κ2) is 31.7. The van der Waals surface area contributed by atoms with Crippen LogP contribution in [0.3, 0.4) is 0 Å². The summed E-state index contributed by atoms with van der Waals surface area (Å²) in [6.07, 6.45) is 5.31. The number of likely N-dealkylation sites (N-methyl/N-ethyl adjacent to an activating group) is 1. The molecule has 0 saturated carbocycles. The van der Waals surface area contributed by atoms with Gasteiger partial charge in [-0.2, -0.15) is 0 Å². The maximum atomic E-state index is 15.1. The number of amides is 10. The molecular formula is C60H86N16O13. The van der Waals surface area contributed by atoms with E-state index in [0.717, 1.165) is 0 Å². The van der Waals surface area contributed by atoms with Gasteiger partial charge in [0.05, 0.1) is 19.5 Å². The van der Waals surface area contributed by atoms with Crippen molar-refractivity contribution in [3.05, 3.63) is 84.1 Å². The number of aromatic amines is 2. The first kappa shape index (κ1) is 69.0. The molecule has 2 aromatic carbocycles. The van der Waals surface area contributed by atoms with E-state index < -0.39 is 120 Å². The van der Waals surface area contributed by atoms with Crippen molar-refractivity contribution in [2.75, 3.05) is 32.8 Å². The van der Waals surface area contributed by atoms with Crippen LogP contribution in [-0.2, 0) is 67.2 Å². The van der Waals surface area contributed by atoms with Gasteiger partial charge >= 0.3 is 0 Å². The van der Waals surface area contributed by atoms with Crippen LogP contribution in [0.2, 0.25) is 0 Å². The summed E-state index contributed by atoms with van der Waals surface area (Å²) < 4.78 is 0. The van der Waals surface area contributed by atoms with Crippen molar-refractivity contribution in [2.45, 2.75) is 160 Å². The van der Waals surface area contributed by atoms with Gasteiger partial charge in [-0.3, -0.25) is 52.9 Å². The van der Waals surface area contributed by atoms with Crippen molar-refractivity contribution in [1.29, 1.82) is 0 Å². The fourth-order valence-electron chi connectivity index (χ4n) is 10.8. The molecule has 4 heterocycles. The SMILES string of the molecule is CCNC(=O)C1CCCN1C(=O)C(CCCN=C(N)N)NC(=O)C(CC(C)C)NC(=O)C(CO)(NC(=O)C(Cc1ccc(O)cc1)NC(=O)C(CO)NC(=O)C(Cc1c[nH]c2ccccc12)NC(=O)C(Cc1cnc[nH]1)NC(=O)C1CCC(=O)N1)C(C)(C)C. The van der Waals surface area contributed by atoms with Gasteiger partial charge in [0, 0.05) is 74.3 Å². The van der Waals surface area contributed by atoms with Crippen LogP contribution in [0.1, 0.15) is 103 Å². The predicted molar refractivity (Wildman–Crippen MR) is 326 cm³/mol. The Morgan fingerprint density at radius 3 is 2.01 bits per heavy atom. The smallest absolute Gasteiger partial charge is 0.249 e. The molecule has 2 fully saturated rings. The third-order valence-electron chi connectivity index (χ3n) is 15.8. The molecule has 9 unspecified atom stereocenters. The van der Waals surface area contributed by atoms with E-state index in [1.165, 1.54) is 41.7 Å². The molecule has 4 aromatic rings. The minimum absolute atomic E-state index is 0.00108. The van der Waals surface area contributed by atoms with Gasteiger partial charge in [0.15, 0.2) is 5.96 Å². The van der Waals surface area contributed by atoms with Crippen molar-refractivity contribution in [2.24, 2.45) is 27.8 Å². The van der Waals surface area contributed by atoms with Crippen LogP contribution in [-0.4, -0.2) is 187 Å². The lowest BCUT2D eigenvalue weighted by Crippen LogP contribution is -2.71. The number of aliphatic imine (C=N–C) groups is 1. The number of benzene rings is 2. The number of nitrogens with zero attached hydrogens (tertiary/aromatic N) is 3. The number of carbonyl (C=O) groups is 10. The van der Waals surface area contributed by atoms with E-state index in [1.54, 1.807) is 72.0 Å². The van der Waals surface area contributed by atoms with Crippen LogP contribution in [0.5, 0.6) is 5.75 Å². The number of phenolic OH excluding ortho intramolecular Hbond substituents is 1. The minimum Gasteiger partial charge on any atom is -0.508 e. The molecule has 484 valence electrons. The van der Waals surface area contributed by atoms with Gasteiger partial charge in [0.25, 0.3) is 0 Å². The van der Waals surface area contributed by atoms with Crippen LogP contribution in [0.4, 0.5) is 0 Å². The first-order valence-corrected chi connectivity index (χ1v) is 29.9. The average Bonchev–Trinajstić information content (AvgIpc) is 1.88. The third-order valence-corrected chi connectivity index (χ3v) is 15.8. The predicted octanol–water partition coefficient (Wildman–Crippen LogP) is -2.08. The molecule has 2 saturated heterocycles. The summed E-state index contributed by atoms with van der Waals surface area (Å²) >= 11 is 0. The molecule has 29 nitrogen and oxygen atoms in total. The Bertz CT molecular complexity index is 3160. The van der Waals surface area contributed by atoms with E-state index in [1.807, 2.05) is 0 Å². The van der Waals surface area contributed by atoms with Crippen LogP contribution in [0.25, 0.3) is 10.9 Å². The molecule has 18 N–H and O–H groups in total. The highest BCUT2D eigenvalue weighted by Gasteiger charge is 2.52. The Hall–Kier alpha value is -9.12. The molecule has 0 spiro atoms. The normalized spacial score (nSPS) is 17.5. The number of aromatic nitrogens is 3. The monoisotopic (exact) mass is 1240 g/mol. The van der Waals surface area contributed by atoms with Crippen LogP contribution in [0.15, 0.2) is 72.2 Å². The maximum Gasteiger partial charge on any atom is 0.249 e. The molecule has 0 aliphatic carbocycles. The lowest BCUT2D eigenvalue weighted by Gasteiger charge is -2.44.